The molecule has 2 nitrogen and oxygen atoms in total. The first-order valence-corrected chi connectivity index (χ1v) is 8.43. The standard InChI is InChI=1S/C17H36N2/c1-2-3-4-5-6-7-8-9-10-11-12-13-14-16-19-17-15-18/h2,19H,1,3-18H2. The van der Waals surface area contributed by atoms with Gasteiger partial charge in [-0.1, -0.05) is 63.9 Å². The molecule has 0 spiro atoms. The van der Waals surface area contributed by atoms with Gasteiger partial charge in [0, 0.05) is 13.1 Å². The Balaban J connectivity index is 2.89. The number of allylic oxidation sites excluding steroid dienone is 1. The highest BCUT2D eigenvalue weighted by Gasteiger charge is 1.93. The van der Waals surface area contributed by atoms with Gasteiger partial charge in [-0.2, -0.15) is 0 Å². The third-order valence-electron chi connectivity index (χ3n) is 3.58. The Bertz CT molecular complexity index is 169. The molecule has 3 N–H and O–H groups in total. The van der Waals surface area contributed by atoms with Gasteiger partial charge in [-0.05, 0) is 25.8 Å². The highest BCUT2D eigenvalue weighted by Crippen LogP contribution is 2.11. The van der Waals surface area contributed by atoms with Crippen LogP contribution in [0.4, 0.5) is 0 Å². The molecule has 0 amide bonds. The maximum absolute atomic E-state index is 5.42. The number of nitrogens with one attached hydrogen (secondary N) is 1. The van der Waals surface area contributed by atoms with E-state index in [4.69, 9.17) is 5.73 Å². The van der Waals surface area contributed by atoms with Gasteiger partial charge in [0.25, 0.3) is 0 Å². The predicted octanol–water partition coefficient (Wildman–Crippen LogP) is 4.40. The molecule has 0 heterocycles. The fourth-order valence-electron chi connectivity index (χ4n) is 2.36. The van der Waals surface area contributed by atoms with E-state index in [0.29, 0.717) is 0 Å². The summed E-state index contributed by atoms with van der Waals surface area (Å²) >= 11 is 0. The lowest BCUT2D eigenvalue weighted by atomic mass is 10.1. The molecule has 2 heteroatoms. The molecule has 0 aliphatic carbocycles. The number of hydrogen-bond donors (Lipinski definition) is 2. The van der Waals surface area contributed by atoms with Gasteiger partial charge in [-0.25, -0.2) is 0 Å². The molecular formula is C17H36N2. The lowest BCUT2D eigenvalue weighted by molar-refractivity contribution is 0.538. The maximum atomic E-state index is 5.42. The molecule has 0 rings (SSSR count). The van der Waals surface area contributed by atoms with Gasteiger partial charge < -0.3 is 11.1 Å². The van der Waals surface area contributed by atoms with Crippen LogP contribution in [0, 0.1) is 0 Å². The minimum absolute atomic E-state index is 0.758. The summed E-state index contributed by atoms with van der Waals surface area (Å²) in [6.07, 6.45) is 18.6. The van der Waals surface area contributed by atoms with E-state index in [2.05, 4.69) is 11.9 Å². The zero-order valence-electron chi connectivity index (χ0n) is 13.0. The summed E-state index contributed by atoms with van der Waals surface area (Å²) in [6, 6.07) is 0. The van der Waals surface area contributed by atoms with Crippen LogP contribution in [0.3, 0.4) is 0 Å². The van der Waals surface area contributed by atoms with Crippen molar-refractivity contribution in [2.75, 3.05) is 19.6 Å². The number of hydrogen-bond acceptors (Lipinski definition) is 2. The van der Waals surface area contributed by atoms with Gasteiger partial charge in [0.05, 0.1) is 0 Å². The van der Waals surface area contributed by atoms with Crippen LogP contribution in [0.2, 0.25) is 0 Å². The van der Waals surface area contributed by atoms with Crippen LogP contribution >= 0.6 is 0 Å². The van der Waals surface area contributed by atoms with Gasteiger partial charge >= 0.3 is 0 Å². The minimum Gasteiger partial charge on any atom is -0.329 e. The Kier molecular flexibility index (Phi) is 17.3. The first-order chi connectivity index (χ1) is 9.41. The van der Waals surface area contributed by atoms with Crippen molar-refractivity contribution in [2.24, 2.45) is 5.73 Å². The maximum Gasteiger partial charge on any atom is 0.00745 e. The van der Waals surface area contributed by atoms with E-state index in [1.807, 2.05) is 6.08 Å². The molecule has 0 saturated heterocycles. The lowest BCUT2D eigenvalue weighted by Crippen LogP contribution is -2.23. The molecular weight excluding hydrogens is 232 g/mol. The molecule has 0 saturated carbocycles. The highest BCUT2D eigenvalue weighted by molar-refractivity contribution is 4.65. The zero-order chi connectivity index (χ0) is 14.0. The molecule has 0 radical (unpaired) electrons. The van der Waals surface area contributed by atoms with Crippen molar-refractivity contribution in [1.82, 2.24) is 5.32 Å². The molecule has 0 aromatic heterocycles. The van der Waals surface area contributed by atoms with Crippen molar-refractivity contribution in [3.8, 4) is 0 Å². The molecule has 0 aliphatic heterocycles. The molecule has 0 bridgehead atoms. The van der Waals surface area contributed by atoms with Crippen molar-refractivity contribution >= 4 is 0 Å². The summed E-state index contributed by atoms with van der Waals surface area (Å²) in [5.74, 6) is 0. The Morgan fingerprint density at radius 3 is 1.63 bits per heavy atom. The van der Waals surface area contributed by atoms with E-state index < -0.39 is 0 Å². The van der Waals surface area contributed by atoms with Crippen molar-refractivity contribution in [2.45, 2.75) is 77.0 Å². The second kappa shape index (κ2) is 17.7. The third kappa shape index (κ3) is 17.7. The Morgan fingerprint density at radius 2 is 1.16 bits per heavy atom. The smallest absolute Gasteiger partial charge is 0.00745 e. The van der Waals surface area contributed by atoms with Crippen molar-refractivity contribution in [3.05, 3.63) is 12.7 Å². The molecule has 0 atom stereocenters. The molecule has 0 aromatic rings. The summed E-state index contributed by atoms with van der Waals surface area (Å²) in [5, 5.41) is 3.34. The summed E-state index contributed by atoms with van der Waals surface area (Å²) in [4.78, 5) is 0. The lowest BCUT2D eigenvalue weighted by Gasteiger charge is -2.04. The monoisotopic (exact) mass is 268 g/mol. The van der Waals surface area contributed by atoms with Gasteiger partial charge in [-0.3, -0.25) is 0 Å². The van der Waals surface area contributed by atoms with Crippen molar-refractivity contribution in [3.63, 3.8) is 0 Å². The summed E-state index contributed by atoms with van der Waals surface area (Å²) < 4.78 is 0. The van der Waals surface area contributed by atoms with Crippen LogP contribution in [0.5, 0.6) is 0 Å². The minimum atomic E-state index is 0.758. The van der Waals surface area contributed by atoms with Crippen LogP contribution in [-0.2, 0) is 0 Å². The molecule has 0 aromatic carbocycles. The van der Waals surface area contributed by atoms with E-state index in [1.54, 1.807) is 0 Å². The zero-order valence-corrected chi connectivity index (χ0v) is 13.0. The highest BCUT2D eigenvalue weighted by atomic mass is 14.9. The first-order valence-electron chi connectivity index (χ1n) is 8.43. The molecule has 114 valence electrons. The summed E-state index contributed by atoms with van der Waals surface area (Å²) in [7, 11) is 0. The normalized spacial score (nSPS) is 10.8. The van der Waals surface area contributed by atoms with Crippen molar-refractivity contribution < 1.29 is 0 Å². The van der Waals surface area contributed by atoms with E-state index in [-0.39, 0.29) is 0 Å². The number of unbranched alkanes of at least 4 members (excludes halogenated alkanes) is 11. The summed E-state index contributed by atoms with van der Waals surface area (Å²) in [6.45, 7) is 6.62. The predicted molar refractivity (Wildman–Crippen MR) is 87.5 cm³/mol. The molecule has 19 heavy (non-hydrogen) atoms. The SMILES string of the molecule is C=CCCCCCCCCCCCCCNCCN. The molecule has 0 aliphatic rings. The van der Waals surface area contributed by atoms with Crippen LogP contribution in [0.25, 0.3) is 0 Å². The van der Waals surface area contributed by atoms with E-state index in [1.165, 1.54) is 77.0 Å². The molecule has 0 unspecified atom stereocenters. The van der Waals surface area contributed by atoms with Crippen LogP contribution < -0.4 is 11.1 Å². The third-order valence-corrected chi connectivity index (χ3v) is 3.58. The average molecular weight is 268 g/mol. The quantitative estimate of drug-likeness (QED) is 0.321. The Hall–Kier alpha value is -0.340. The second-order valence-corrected chi connectivity index (χ2v) is 5.51. The Labute approximate surface area is 121 Å². The Morgan fingerprint density at radius 1 is 0.684 bits per heavy atom. The number of rotatable bonds is 16. The van der Waals surface area contributed by atoms with E-state index in [9.17, 15) is 0 Å². The van der Waals surface area contributed by atoms with Gasteiger partial charge in [0.1, 0.15) is 0 Å². The fraction of sp³-hybridized carbons (Fsp3) is 0.882. The average Bonchev–Trinajstić information content (AvgIpc) is 2.43. The largest absolute Gasteiger partial charge is 0.329 e. The fourth-order valence-corrected chi connectivity index (χ4v) is 2.36. The van der Waals surface area contributed by atoms with E-state index in [0.717, 1.165) is 19.6 Å². The molecule has 0 fully saturated rings. The van der Waals surface area contributed by atoms with Crippen LogP contribution in [-0.4, -0.2) is 19.6 Å². The summed E-state index contributed by atoms with van der Waals surface area (Å²) in [5.41, 5.74) is 5.42. The number of nitrogens with two attached hydrogens (primary N) is 1. The van der Waals surface area contributed by atoms with Gasteiger partial charge in [-0.15, -0.1) is 6.58 Å². The van der Waals surface area contributed by atoms with Crippen LogP contribution in [0.15, 0.2) is 12.7 Å². The topological polar surface area (TPSA) is 38.0 Å². The van der Waals surface area contributed by atoms with Crippen molar-refractivity contribution in [1.29, 1.82) is 0 Å². The second-order valence-electron chi connectivity index (χ2n) is 5.51. The van der Waals surface area contributed by atoms with Gasteiger partial charge in [0.2, 0.25) is 0 Å². The van der Waals surface area contributed by atoms with Crippen LogP contribution in [0.1, 0.15) is 77.0 Å². The van der Waals surface area contributed by atoms with Gasteiger partial charge in [0.15, 0.2) is 0 Å². The first kappa shape index (κ1) is 18.7. The van der Waals surface area contributed by atoms with E-state index >= 15 is 0 Å².